The van der Waals surface area contributed by atoms with Crippen molar-refractivity contribution in [1.82, 2.24) is 29.5 Å². The minimum Gasteiger partial charge on any atom is -0.368 e. The summed E-state index contributed by atoms with van der Waals surface area (Å²) in [6.07, 6.45) is 3.41. The van der Waals surface area contributed by atoms with Crippen LogP contribution in [0, 0.1) is 6.92 Å². The number of aromatic nitrogens is 5. The second-order valence-corrected chi connectivity index (χ2v) is 8.31. The highest BCUT2D eigenvalue weighted by Gasteiger charge is 2.22. The molecule has 4 aromatic rings. The first-order chi connectivity index (χ1) is 16.1. The van der Waals surface area contributed by atoms with Crippen molar-refractivity contribution >= 4 is 34.8 Å². The number of nitrogens with zero attached hydrogens (tertiary/aromatic N) is 7. The molecule has 33 heavy (non-hydrogen) atoms. The molecule has 10 heteroatoms. The monoisotopic (exact) mass is 462 g/mol. The molecule has 4 heterocycles. The maximum absolute atomic E-state index is 12.9. The zero-order valence-electron chi connectivity index (χ0n) is 18.1. The van der Waals surface area contributed by atoms with Gasteiger partial charge in [-0.25, -0.2) is 4.98 Å². The number of carbonyl (C=O) groups excluding carboxylic acids is 1. The smallest absolute Gasteiger partial charge is 0.254 e. The van der Waals surface area contributed by atoms with Crippen molar-refractivity contribution in [1.29, 1.82) is 0 Å². The van der Waals surface area contributed by atoms with Crippen molar-refractivity contribution in [2.24, 2.45) is 0 Å². The molecule has 1 N–H and O–H groups in total. The van der Waals surface area contributed by atoms with Gasteiger partial charge in [0.1, 0.15) is 5.82 Å². The number of halogens is 1. The Labute approximate surface area is 196 Å². The Morgan fingerprint density at radius 3 is 2.70 bits per heavy atom. The number of nitrogens with one attached hydrogen (secondary N) is 1. The third-order valence-electron chi connectivity index (χ3n) is 5.59. The van der Waals surface area contributed by atoms with E-state index in [4.69, 9.17) is 11.6 Å². The number of aryl methyl sites for hydroxylation is 1. The van der Waals surface area contributed by atoms with Crippen LogP contribution >= 0.6 is 11.6 Å². The molecule has 1 aliphatic rings. The molecular formula is C23H23ClN8O. The van der Waals surface area contributed by atoms with Gasteiger partial charge in [0.2, 0.25) is 5.91 Å². The van der Waals surface area contributed by atoms with Gasteiger partial charge in [0, 0.05) is 66.6 Å². The minimum absolute atomic E-state index is 0.0379. The maximum Gasteiger partial charge on any atom is 0.254 e. The molecule has 1 fully saturated rings. The molecule has 3 aromatic heterocycles. The van der Waals surface area contributed by atoms with Crippen LogP contribution in [-0.2, 0) is 4.79 Å². The van der Waals surface area contributed by atoms with Gasteiger partial charge >= 0.3 is 0 Å². The second-order valence-electron chi connectivity index (χ2n) is 7.87. The fourth-order valence-corrected chi connectivity index (χ4v) is 4.08. The lowest BCUT2D eigenvalue weighted by atomic mass is 10.2. The van der Waals surface area contributed by atoms with Crippen molar-refractivity contribution in [3.05, 3.63) is 65.6 Å². The Balaban J connectivity index is 1.25. The summed E-state index contributed by atoms with van der Waals surface area (Å²) in [5.41, 5.74) is 2.68. The highest BCUT2D eigenvalue weighted by Crippen LogP contribution is 2.21. The van der Waals surface area contributed by atoms with Crippen LogP contribution in [0.25, 0.3) is 17.2 Å². The van der Waals surface area contributed by atoms with E-state index in [0.29, 0.717) is 35.5 Å². The van der Waals surface area contributed by atoms with Gasteiger partial charge < -0.3 is 15.1 Å². The highest BCUT2D eigenvalue weighted by atomic mass is 35.5. The van der Waals surface area contributed by atoms with Gasteiger partial charge in [-0.1, -0.05) is 17.7 Å². The topological polar surface area (TPSA) is 91.6 Å². The van der Waals surface area contributed by atoms with Crippen LogP contribution in [0.4, 0.5) is 11.5 Å². The fraction of sp³-hybridized carbons (Fsp3) is 0.261. The Morgan fingerprint density at radius 1 is 1.09 bits per heavy atom. The van der Waals surface area contributed by atoms with Crippen molar-refractivity contribution in [3.63, 3.8) is 0 Å². The van der Waals surface area contributed by atoms with Crippen LogP contribution in [0.3, 0.4) is 0 Å². The third kappa shape index (κ3) is 4.58. The summed E-state index contributed by atoms with van der Waals surface area (Å²) >= 11 is 6.11. The quantitative estimate of drug-likeness (QED) is 0.487. The van der Waals surface area contributed by atoms with Crippen LogP contribution in [0.1, 0.15) is 5.69 Å². The molecule has 1 amide bonds. The van der Waals surface area contributed by atoms with E-state index >= 15 is 0 Å². The first-order valence-corrected chi connectivity index (χ1v) is 11.1. The van der Waals surface area contributed by atoms with Crippen molar-refractivity contribution in [3.8, 4) is 11.4 Å². The number of benzene rings is 1. The number of anilines is 2. The molecule has 0 unspecified atom stereocenters. The van der Waals surface area contributed by atoms with Crippen LogP contribution in [0.15, 0.2) is 54.9 Å². The van der Waals surface area contributed by atoms with E-state index in [2.05, 4.69) is 30.3 Å². The van der Waals surface area contributed by atoms with Crippen LogP contribution in [-0.4, -0.2) is 68.1 Å². The van der Waals surface area contributed by atoms with E-state index < -0.39 is 0 Å². The van der Waals surface area contributed by atoms with Gasteiger partial charge in [-0.05, 0) is 37.3 Å². The number of hydrogen-bond acceptors (Lipinski definition) is 7. The molecule has 0 atom stereocenters. The molecule has 0 bridgehead atoms. The predicted molar refractivity (Wildman–Crippen MR) is 127 cm³/mol. The van der Waals surface area contributed by atoms with Crippen LogP contribution in [0.2, 0.25) is 5.02 Å². The molecule has 1 aliphatic heterocycles. The summed E-state index contributed by atoms with van der Waals surface area (Å²) in [6, 6.07) is 13.4. The van der Waals surface area contributed by atoms with Gasteiger partial charge in [0.15, 0.2) is 5.82 Å². The van der Waals surface area contributed by atoms with E-state index in [1.165, 1.54) is 0 Å². The standard InChI is InChI=1S/C23H23ClN8O/c1-16-12-20(32-23(27-16)28-22(29-32)17-4-3-7-25-14-17)26-15-21(33)31-10-8-30(9-11-31)19-6-2-5-18(24)13-19/h2-7,12-14,26H,8-11,15H2,1H3. The maximum atomic E-state index is 12.9. The fourth-order valence-electron chi connectivity index (χ4n) is 3.89. The van der Waals surface area contributed by atoms with E-state index in [-0.39, 0.29) is 12.5 Å². The molecule has 5 rings (SSSR count). The summed E-state index contributed by atoms with van der Waals surface area (Å²) in [5, 5.41) is 8.50. The number of hydrogen-bond donors (Lipinski definition) is 1. The van der Waals surface area contributed by atoms with E-state index in [9.17, 15) is 4.79 Å². The molecule has 0 saturated carbocycles. The Kier molecular flexibility index (Phi) is 5.78. The van der Waals surface area contributed by atoms with Crippen LogP contribution in [0.5, 0.6) is 0 Å². The molecule has 9 nitrogen and oxygen atoms in total. The second kappa shape index (κ2) is 9.03. The van der Waals surface area contributed by atoms with E-state index in [0.717, 1.165) is 30.0 Å². The Morgan fingerprint density at radius 2 is 1.94 bits per heavy atom. The first-order valence-electron chi connectivity index (χ1n) is 10.7. The number of carbonyl (C=O) groups is 1. The van der Waals surface area contributed by atoms with Gasteiger partial charge in [0.05, 0.1) is 6.54 Å². The average Bonchev–Trinajstić information content (AvgIpc) is 3.27. The molecule has 168 valence electrons. The van der Waals surface area contributed by atoms with E-state index in [1.807, 2.05) is 54.3 Å². The molecular weight excluding hydrogens is 440 g/mol. The minimum atomic E-state index is 0.0379. The molecule has 1 saturated heterocycles. The zero-order valence-corrected chi connectivity index (χ0v) is 18.9. The Hall–Kier alpha value is -3.72. The van der Waals surface area contributed by atoms with E-state index in [1.54, 1.807) is 16.9 Å². The van der Waals surface area contributed by atoms with Crippen molar-refractivity contribution in [2.45, 2.75) is 6.92 Å². The van der Waals surface area contributed by atoms with Gasteiger partial charge in [0.25, 0.3) is 5.78 Å². The lowest BCUT2D eigenvalue weighted by molar-refractivity contribution is -0.129. The lowest BCUT2D eigenvalue weighted by Crippen LogP contribution is -2.50. The predicted octanol–water partition coefficient (Wildman–Crippen LogP) is 2.91. The van der Waals surface area contributed by atoms with Gasteiger partial charge in [-0.2, -0.15) is 9.50 Å². The largest absolute Gasteiger partial charge is 0.368 e. The third-order valence-corrected chi connectivity index (χ3v) is 5.82. The SMILES string of the molecule is Cc1cc(NCC(=O)N2CCN(c3cccc(Cl)c3)CC2)n2nc(-c3cccnc3)nc2n1. The molecule has 0 spiro atoms. The highest BCUT2D eigenvalue weighted by molar-refractivity contribution is 6.30. The molecule has 0 radical (unpaired) electrons. The summed E-state index contributed by atoms with van der Waals surface area (Å²) < 4.78 is 1.62. The Bertz CT molecular complexity index is 1280. The van der Waals surface area contributed by atoms with Crippen molar-refractivity contribution in [2.75, 3.05) is 42.9 Å². The number of piperazine rings is 1. The summed E-state index contributed by atoms with van der Waals surface area (Å²) in [5.74, 6) is 1.72. The first kappa shape index (κ1) is 21.1. The zero-order chi connectivity index (χ0) is 22.8. The normalized spacial score (nSPS) is 14.0. The van der Waals surface area contributed by atoms with Gasteiger partial charge in [-0.3, -0.25) is 9.78 Å². The summed E-state index contributed by atoms with van der Waals surface area (Å²) in [4.78, 5) is 30.1. The van der Waals surface area contributed by atoms with Gasteiger partial charge in [-0.15, -0.1) is 5.10 Å². The summed E-state index contributed by atoms with van der Waals surface area (Å²) in [6.45, 7) is 4.90. The number of rotatable bonds is 5. The lowest BCUT2D eigenvalue weighted by Gasteiger charge is -2.36. The number of amides is 1. The summed E-state index contributed by atoms with van der Waals surface area (Å²) in [7, 11) is 0. The van der Waals surface area contributed by atoms with Crippen LogP contribution < -0.4 is 10.2 Å². The van der Waals surface area contributed by atoms with Crippen molar-refractivity contribution < 1.29 is 4.79 Å². The average molecular weight is 463 g/mol. The molecule has 1 aromatic carbocycles. The number of fused-ring (bicyclic) bond motifs is 1. The number of pyridine rings is 1. The molecule has 0 aliphatic carbocycles.